The van der Waals surface area contributed by atoms with Crippen LogP contribution < -0.4 is 14.8 Å². The first kappa shape index (κ1) is 14.4. The summed E-state index contributed by atoms with van der Waals surface area (Å²) in [6.45, 7) is 3.72. The number of benzene rings is 2. The van der Waals surface area contributed by atoms with Crippen LogP contribution in [0.3, 0.4) is 0 Å². The van der Waals surface area contributed by atoms with Crippen LogP contribution in [0.2, 0.25) is 0 Å². The predicted octanol–water partition coefficient (Wildman–Crippen LogP) is 3.25. The number of hydrogen-bond donors (Lipinski definition) is 1. The summed E-state index contributed by atoms with van der Waals surface area (Å²) in [5, 5.41) is 3.39. The lowest BCUT2D eigenvalue weighted by atomic mass is 10.2. The number of methoxy groups -OCH3 is 1. The minimum absolute atomic E-state index is 0.118. The first-order valence-corrected chi connectivity index (χ1v) is 6.83. The maximum Gasteiger partial charge on any atom is 0.120 e. The molecule has 0 heterocycles. The lowest BCUT2D eigenvalue weighted by Crippen LogP contribution is -2.28. The fourth-order valence-electron chi connectivity index (χ4n) is 1.94. The average molecular weight is 271 g/mol. The van der Waals surface area contributed by atoms with Crippen molar-refractivity contribution in [2.24, 2.45) is 0 Å². The molecule has 0 aliphatic carbocycles. The summed E-state index contributed by atoms with van der Waals surface area (Å²) in [4.78, 5) is 0. The van der Waals surface area contributed by atoms with Gasteiger partial charge in [0.15, 0.2) is 0 Å². The Bertz CT molecular complexity index is 496. The second-order valence-corrected chi connectivity index (χ2v) is 4.72. The third kappa shape index (κ3) is 4.59. The molecule has 0 aliphatic heterocycles. The zero-order valence-corrected chi connectivity index (χ0v) is 12.0. The van der Waals surface area contributed by atoms with Gasteiger partial charge in [-0.15, -0.1) is 0 Å². The lowest BCUT2D eigenvalue weighted by Gasteiger charge is -2.15. The fraction of sp³-hybridized carbons (Fsp3) is 0.294. The van der Waals surface area contributed by atoms with Crippen LogP contribution >= 0.6 is 0 Å². The van der Waals surface area contributed by atoms with E-state index in [1.165, 1.54) is 5.56 Å². The van der Waals surface area contributed by atoms with Crippen LogP contribution in [0.1, 0.15) is 12.5 Å². The first-order valence-electron chi connectivity index (χ1n) is 6.83. The van der Waals surface area contributed by atoms with Crippen molar-refractivity contribution in [2.45, 2.75) is 19.6 Å². The second-order valence-electron chi connectivity index (χ2n) is 4.72. The van der Waals surface area contributed by atoms with E-state index >= 15 is 0 Å². The molecule has 0 radical (unpaired) electrons. The van der Waals surface area contributed by atoms with Crippen molar-refractivity contribution in [3.8, 4) is 11.5 Å². The van der Waals surface area contributed by atoms with E-state index in [1.54, 1.807) is 7.11 Å². The van der Waals surface area contributed by atoms with E-state index in [9.17, 15) is 0 Å². The summed E-state index contributed by atoms with van der Waals surface area (Å²) in [7, 11) is 1.66. The number of ether oxygens (including phenoxy) is 2. The molecule has 0 saturated heterocycles. The monoisotopic (exact) mass is 271 g/mol. The van der Waals surface area contributed by atoms with E-state index in [0.29, 0.717) is 0 Å². The highest BCUT2D eigenvalue weighted by Gasteiger charge is 2.04. The summed E-state index contributed by atoms with van der Waals surface area (Å²) >= 11 is 0. The van der Waals surface area contributed by atoms with Crippen LogP contribution in [0.4, 0.5) is 0 Å². The maximum absolute atomic E-state index is 5.83. The molecule has 1 atom stereocenters. The molecule has 2 aromatic rings. The van der Waals surface area contributed by atoms with Gasteiger partial charge in [-0.2, -0.15) is 0 Å². The van der Waals surface area contributed by atoms with E-state index in [1.807, 2.05) is 42.5 Å². The van der Waals surface area contributed by atoms with Gasteiger partial charge in [-0.05, 0) is 36.8 Å². The summed E-state index contributed by atoms with van der Waals surface area (Å²) in [5.74, 6) is 1.70. The van der Waals surface area contributed by atoms with Crippen molar-refractivity contribution < 1.29 is 9.47 Å². The molecule has 0 saturated carbocycles. The summed E-state index contributed by atoms with van der Waals surface area (Å²) < 4.78 is 11.0. The van der Waals surface area contributed by atoms with Crippen molar-refractivity contribution in [2.75, 3.05) is 13.7 Å². The Morgan fingerprint density at radius 1 is 0.950 bits per heavy atom. The number of rotatable bonds is 7. The molecule has 1 N–H and O–H groups in total. The van der Waals surface area contributed by atoms with E-state index in [2.05, 4.69) is 24.4 Å². The highest BCUT2D eigenvalue weighted by Crippen LogP contribution is 2.17. The molecule has 3 heteroatoms. The number of hydrogen-bond acceptors (Lipinski definition) is 3. The van der Waals surface area contributed by atoms with Crippen LogP contribution in [0.5, 0.6) is 11.5 Å². The smallest absolute Gasteiger partial charge is 0.120 e. The summed E-state index contributed by atoms with van der Waals surface area (Å²) in [6.07, 6.45) is 0.118. The molecule has 0 bridgehead atoms. The molecule has 2 aromatic carbocycles. The molecular formula is C17H21NO2. The van der Waals surface area contributed by atoms with Gasteiger partial charge in [0.2, 0.25) is 0 Å². The van der Waals surface area contributed by atoms with Gasteiger partial charge in [0.1, 0.15) is 17.6 Å². The van der Waals surface area contributed by atoms with Crippen LogP contribution in [-0.2, 0) is 6.54 Å². The maximum atomic E-state index is 5.83. The molecule has 0 fully saturated rings. The Morgan fingerprint density at radius 3 is 2.25 bits per heavy atom. The molecule has 2 rings (SSSR count). The standard InChI is InChI=1S/C17H21NO2/c1-14(12-18-13-15-6-4-3-5-7-15)20-17-10-8-16(19-2)9-11-17/h3-11,14,18H,12-13H2,1-2H3. The Kier molecular flexibility index (Phi) is 5.44. The Labute approximate surface area is 120 Å². The van der Waals surface area contributed by atoms with Crippen LogP contribution in [-0.4, -0.2) is 19.8 Å². The van der Waals surface area contributed by atoms with Crippen LogP contribution in [0.25, 0.3) is 0 Å². The van der Waals surface area contributed by atoms with Crippen molar-refractivity contribution in [1.29, 1.82) is 0 Å². The molecule has 0 aliphatic rings. The van der Waals surface area contributed by atoms with Gasteiger partial charge in [-0.1, -0.05) is 30.3 Å². The normalized spacial score (nSPS) is 11.9. The highest BCUT2D eigenvalue weighted by atomic mass is 16.5. The van der Waals surface area contributed by atoms with Crippen LogP contribution in [0, 0.1) is 0 Å². The summed E-state index contributed by atoms with van der Waals surface area (Å²) in [5.41, 5.74) is 1.28. The Morgan fingerprint density at radius 2 is 1.60 bits per heavy atom. The van der Waals surface area contributed by atoms with E-state index in [0.717, 1.165) is 24.6 Å². The van der Waals surface area contributed by atoms with Gasteiger partial charge in [-0.25, -0.2) is 0 Å². The largest absolute Gasteiger partial charge is 0.497 e. The summed E-state index contributed by atoms with van der Waals surface area (Å²) in [6, 6.07) is 18.0. The topological polar surface area (TPSA) is 30.5 Å². The fourth-order valence-corrected chi connectivity index (χ4v) is 1.94. The van der Waals surface area contributed by atoms with Crippen molar-refractivity contribution in [3.63, 3.8) is 0 Å². The van der Waals surface area contributed by atoms with Gasteiger partial charge in [-0.3, -0.25) is 0 Å². The van der Waals surface area contributed by atoms with Gasteiger partial charge < -0.3 is 14.8 Å². The van der Waals surface area contributed by atoms with Crippen molar-refractivity contribution >= 4 is 0 Å². The first-order chi connectivity index (χ1) is 9.78. The van der Waals surface area contributed by atoms with E-state index in [-0.39, 0.29) is 6.10 Å². The third-order valence-electron chi connectivity index (χ3n) is 3.00. The molecule has 0 amide bonds. The molecule has 0 aromatic heterocycles. The highest BCUT2D eigenvalue weighted by molar-refractivity contribution is 5.31. The van der Waals surface area contributed by atoms with Crippen molar-refractivity contribution in [3.05, 3.63) is 60.2 Å². The average Bonchev–Trinajstić information content (AvgIpc) is 2.49. The minimum Gasteiger partial charge on any atom is -0.497 e. The lowest BCUT2D eigenvalue weighted by molar-refractivity contribution is 0.216. The molecular weight excluding hydrogens is 250 g/mol. The van der Waals surface area contributed by atoms with E-state index < -0.39 is 0 Å². The Hall–Kier alpha value is -2.00. The van der Waals surface area contributed by atoms with Crippen molar-refractivity contribution in [1.82, 2.24) is 5.32 Å². The molecule has 3 nitrogen and oxygen atoms in total. The minimum atomic E-state index is 0.118. The zero-order valence-electron chi connectivity index (χ0n) is 12.0. The van der Waals surface area contributed by atoms with Crippen LogP contribution in [0.15, 0.2) is 54.6 Å². The third-order valence-corrected chi connectivity index (χ3v) is 3.00. The zero-order chi connectivity index (χ0) is 14.2. The van der Waals surface area contributed by atoms with E-state index in [4.69, 9.17) is 9.47 Å². The van der Waals surface area contributed by atoms with Gasteiger partial charge in [0.25, 0.3) is 0 Å². The van der Waals surface area contributed by atoms with Gasteiger partial charge in [0, 0.05) is 13.1 Å². The van der Waals surface area contributed by atoms with Gasteiger partial charge in [0.05, 0.1) is 7.11 Å². The molecule has 0 spiro atoms. The molecule has 20 heavy (non-hydrogen) atoms. The molecule has 106 valence electrons. The Balaban J connectivity index is 1.73. The predicted molar refractivity (Wildman–Crippen MR) is 81.2 cm³/mol. The molecule has 1 unspecified atom stereocenters. The SMILES string of the molecule is COc1ccc(OC(C)CNCc2ccccc2)cc1. The van der Waals surface area contributed by atoms with Gasteiger partial charge >= 0.3 is 0 Å². The quantitative estimate of drug-likeness (QED) is 0.838. The number of nitrogens with one attached hydrogen (secondary N) is 1. The second kappa shape index (κ2) is 7.56.